The van der Waals surface area contributed by atoms with Crippen molar-refractivity contribution in [3.63, 3.8) is 0 Å². The maximum Gasteiger partial charge on any atom is 0.143 e. The molecular formula is C29H32Cl2N2O3. The molecule has 3 aromatic carbocycles. The van der Waals surface area contributed by atoms with Crippen molar-refractivity contribution in [2.75, 3.05) is 19.8 Å². The van der Waals surface area contributed by atoms with Crippen molar-refractivity contribution in [1.29, 1.82) is 0 Å². The third-order valence-electron chi connectivity index (χ3n) is 6.04. The fourth-order valence-electron chi connectivity index (χ4n) is 4.12. The summed E-state index contributed by atoms with van der Waals surface area (Å²) in [7, 11) is 0. The summed E-state index contributed by atoms with van der Waals surface area (Å²) in [5.74, 6) is 0.883. The standard InChI is InChI=1S/C21H25ClN2O2.C8H7ClO/c1-3-26-20-9-5-8-18-16(12-24-21(18)20)10-14(2)23-13-19(25)15-6-4-7-17(22)11-15;9-7-3-1-2-6(4-7)8-5-10-8/h4-9,11-12,14,19,23-25H,3,10,13H2,1-2H3;1-4,8H,5H2. The fourth-order valence-corrected chi connectivity index (χ4v) is 4.52. The van der Waals surface area contributed by atoms with E-state index in [2.05, 4.69) is 23.3 Å². The molecule has 0 aliphatic carbocycles. The lowest BCUT2D eigenvalue weighted by molar-refractivity contribution is 0.170. The molecule has 1 saturated heterocycles. The normalized spacial score (nSPS) is 16.2. The molecule has 1 aromatic heterocycles. The van der Waals surface area contributed by atoms with Crippen molar-refractivity contribution in [1.82, 2.24) is 10.3 Å². The number of aromatic nitrogens is 1. The predicted octanol–water partition coefficient (Wildman–Crippen LogP) is 6.89. The van der Waals surface area contributed by atoms with E-state index in [1.54, 1.807) is 12.1 Å². The highest BCUT2D eigenvalue weighted by Gasteiger charge is 2.24. The second-order valence-electron chi connectivity index (χ2n) is 8.89. The van der Waals surface area contributed by atoms with Gasteiger partial charge in [0, 0.05) is 34.2 Å². The van der Waals surface area contributed by atoms with Crippen LogP contribution >= 0.6 is 23.2 Å². The van der Waals surface area contributed by atoms with Gasteiger partial charge in [0.25, 0.3) is 0 Å². The van der Waals surface area contributed by atoms with Crippen LogP contribution in [0.25, 0.3) is 10.9 Å². The summed E-state index contributed by atoms with van der Waals surface area (Å²) in [5.41, 5.74) is 4.28. The first-order chi connectivity index (χ1) is 17.4. The summed E-state index contributed by atoms with van der Waals surface area (Å²) in [4.78, 5) is 3.33. The van der Waals surface area contributed by atoms with Crippen molar-refractivity contribution in [2.45, 2.75) is 38.5 Å². The number of nitrogens with one attached hydrogen (secondary N) is 2. The molecule has 0 spiro atoms. The highest BCUT2D eigenvalue weighted by Crippen LogP contribution is 2.31. The van der Waals surface area contributed by atoms with Crippen LogP contribution in [0.1, 0.15) is 42.7 Å². The first-order valence-electron chi connectivity index (χ1n) is 12.2. The summed E-state index contributed by atoms with van der Waals surface area (Å²) in [6.45, 7) is 6.08. The number of aromatic amines is 1. The first-order valence-corrected chi connectivity index (χ1v) is 13.0. The van der Waals surface area contributed by atoms with Crippen molar-refractivity contribution in [2.24, 2.45) is 0 Å². The van der Waals surface area contributed by atoms with Crippen molar-refractivity contribution in [3.8, 4) is 5.75 Å². The van der Waals surface area contributed by atoms with Gasteiger partial charge in [-0.05, 0) is 67.3 Å². The van der Waals surface area contributed by atoms with Gasteiger partial charge in [0.1, 0.15) is 11.9 Å². The van der Waals surface area contributed by atoms with E-state index < -0.39 is 6.10 Å². The Hall–Kier alpha value is -2.54. The number of ether oxygens (including phenoxy) is 2. The van der Waals surface area contributed by atoms with E-state index in [1.807, 2.05) is 61.7 Å². The average Bonchev–Trinajstić information content (AvgIpc) is 3.65. The van der Waals surface area contributed by atoms with Crippen LogP contribution in [0.15, 0.2) is 72.9 Å². The molecule has 1 fully saturated rings. The molecule has 0 amide bonds. The number of aliphatic hydroxyl groups is 1. The molecule has 1 aliphatic rings. The van der Waals surface area contributed by atoms with Gasteiger partial charge in [-0.25, -0.2) is 0 Å². The molecule has 3 unspecified atom stereocenters. The van der Waals surface area contributed by atoms with Crippen LogP contribution in [0.2, 0.25) is 10.0 Å². The number of halogens is 2. The van der Waals surface area contributed by atoms with Gasteiger partial charge in [0.05, 0.1) is 24.8 Å². The number of aliphatic hydroxyl groups excluding tert-OH is 1. The number of epoxide rings is 1. The van der Waals surface area contributed by atoms with Gasteiger partial charge in [0.15, 0.2) is 0 Å². The Morgan fingerprint density at radius 2 is 1.81 bits per heavy atom. The number of rotatable bonds is 9. The summed E-state index contributed by atoms with van der Waals surface area (Å²) in [6, 6.07) is 21.5. The fraction of sp³-hybridized carbons (Fsp3) is 0.310. The molecule has 36 heavy (non-hydrogen) atoms. The van der Waals surface area contributed by atoms with E-state index in [0.717, 1.165) is 34.9 Å². The van der Waals surface area contributed by atoms with Crippen LogP contribution in [0.5, 0.6) is 5.75 Å². The number of fused-ring (bicyclic) bond motifs is 1. The molecule has 3 atom stereocenters. The predicted molar refractivity (Wildman–Crippen MR) is 147 cm³/mol. The van der Waals surface area contributed by atoms with E-state index in [0.29, 0.717) is 24.3 Å². The number of para-hydroxylation sites is 1. The Morgan fingerprint density at radius 1 is 1.08 bits per heavy atom. The van der Waals surface area contributed by atoms with Gasteiger partial charge in [-0.3, -0.25) is 0 Å². The lowest BCUT2D eigenvalue weighted by Gasteiger charge is -2.17. The molecule has 0 saturated carbocycles. The molecule has 1 aliphatic heterocycles. The first kappa shape index (κ1) is 26.5. The second kappa shape index (κ2) is 12.6. The molecule has 2 heterocycles. The van der Waals surface area contributed by atoms with E-state index in [9.17, 15) is 5.11 Å². The van der Waals surface area contributed by atoms with Gasteiger partial charge in [-0.2, -0.15) is 0 Å². The van der Waals surface area contributed by atoms with Gasteiger partial charge >= 0.3 is 0 Å². The monoisotopic (exact) mass is 526 g/mol. The topological polar surface area (TPSA) is 69.8 Å². The molecule has 190 valence electrons. The minimum absolute atomic E-state index is 0.221. The van der Waals surface area contributed by atoms with Gasteiger partial charge < -0.3 is 24.9 Å². The number of benzene rings is 3. The third kappa shape index (κ3) is 7.25. The van der Waals surface area contributed by atoms with Crippen LogP contribution in [-0.4, -0.2) is 35.9 Å². The maximum atomic E-state index is 10.3. The lowest BCUT2D eigenvalue weighted by Crippen LogP contribution is -2.32. The van der Waals surface area contributed by atoms with Crippen molar-refractivity contribution < 1.29 is 14.6 Å². The summed E-state index contributed by atoms with van der Waals surface area (Å²) in [5, 5.41) is 16.4. The minimum atomic E-state index is -0.580. The van der Waals surface area contributed by atoms with Crippen molar-refractivity contribution in [3.05, 3.63) is 99.7 Å². The lowest BCUT2D eigenvalue weighted by atomic mass is 10.0. The van der Waals surface area contributed by atoms with Crippen LogP contribution in [0, 0.1) is 0 Å². The van der Waals surface area contributed by atoms with Gasteiger partial charge in [-0.1, -0.05) is 59.6 Å². The second-order valence-corrected chi connectivity index (χ2v) is 9.76. The van der Waals surface area contributed by atoms with E-state index in [-0.39, 0.29) is 6.04 Å². The van der Waals surface area contributed by atoms with Crippen LogP contribution in [0.3, 0.4) is 0 Å². The maximum absolute atomic E-state index is 10.3. The van der Waals surface area contributed by atoms with Crippen LogP contribution in [0.4, 0.5) is 0 Å². The molecule has 3 N–H and O–H groups in total. The van der Waals surface area contributed by atoms with Gasteiger partial charge in [0.2, 0.25) is 0 Å². The van der Waals surface area contributed by atoms with E-state index >= 15 is 0 Å². The molecule has 5 nitrogen and oxygen atoms in total. The Bertz CT molecular complexity index is 1270. The zero-order valence-electron chi connectivity index (χ0n) is 20.5. The van der Waals surface area contributed by atoms with Crippen LogP contribution < -0.4 is 10.1 Å². The minimum Gasteiger partial charge on any atom is -0.492 e. The highest BCUT2D eigenvalue weighted by molar-refractivity contribution is 6.30. The summed E-state index contributed by atoms with van der Waals surface area (Å²) >= 11 is 11.8. The Balaban J connectivity index is 0.000000251. The highest BCUT2D eigenvalue weighted by atomic mass is 35.5. The van der Waals surface area contributed by atoms with Crippen molar-refractivity contribution >= 4 is 34.1 Å². The van der Waals surface area contributed by atoms with E-state index in [1.165, 1.54) is 16.5 Å². The summed E-state index contributed by atoms with van der Waals surface area (Å²) < 4.78 is 10.8. The smallest absolute Gasteiger partial charge is 0.143 e. The quantitative estimate of drug-likeness (QED) is 0.208. The largest absolute Gasteiger partial charge is 0.492 e. The molecule has 0 bridgehead atoms. The Morgan fingerprint density at radius 3 is 2.50 bits per heavy atom. The molecule has 7 heteroatoms. The summed E-state index contributed by atoms with van der Waals surface area (Å²) in [6.07, 6.45) is 2.64. The number of hydrogen-bond donors (Lipinski definition) is 3. The average molecular weight is 527 g/mol. The van der Waals surface area contributed by atoms with Crippen LogP contribution in [-0.2, 0) is 11.2 Å². The number of hydrogen-bond acceptors (Lipinski definition) is 4. The zero-order chi connectivity index (χ0) is 25.5. The Kier molecular flexibility index (Phi) is 9.30. The molecule has 4 aromatic rings. The SMILES string of the molecule is CCOc1cccc2c(CC(C)NCC(O)c3cccc(Cl)c3)c[nH]c12.Clc1cccc(C2CO2)c1. The van der Waals surface area contributed by atoms with E-state index in [4.69, 9.17) is 32.7 Å². The molecular weight excluding hydrogens is 495 g/mol. The van der Waals surface area contributed by atoms with Gasteiger partial charge in [-0.15, -0.1) is 0 Å². The molecule has 5 rings (SSSR count). The molecule has 0 radical (unpaired) electrons. The Labute approximate surface area is 222 Å². The zero-order valence-corrected chi connectivity index (χ0v) is 22.0. The third-order valence-corrected chi connectivity index (χ3v) is 6.51. The number of H-pyrrole nitrogens is 1.